The van der Waals surface area contributed by atoms with E-state index in [1.807, 2.05) is 113 Å². The number of benzene rings is 3. The van der Waals surface area contributed by atoms with E-state index in [0.29, 0.717) is 52.9 Å². The molecule has 3 aromatic rings. The Hall–Kier alpha value is -4.88. The molecule has 2 atom stereocenters. The minimum absolute atomic E-state index is 0.154. The van der Waals surface area contributed by atoms with Crippen LogP contribution in [0.5, 0.6) is 23.0 Å². The third-order valence-corrected chi connectivity index (χ3v) is 16.1. The zero-order chi connectivity index (χ0) is 58.3. The molecular formula is C66H102O12. The zero-order valence-corrected chi connectivity index (χ0v) is 51.0. The minimum atomic E-state index is -0.845. The molecule has 3 rings (SSSR count). The van der Waals surface area contributed by atoms with Gasteiger partial charge in [0, 0.05) is 44.3 Å². The van der Waals surface area contributed by atoms with E-state index in [1.165, 1.54) is 12.2 Å². The normalized spacial score (nSPS) is 13.7. The van der Waals surface area contributed by atoms with E-state index in [4.69, 9.17) is 47.4 Å². The SMILES string of the molecule is C=CC(=O)OC(C)(C)C(COc1ccccc1)COC(C)(C)C(C)(C)CCCCOC(C)(C)CCOc1cccc(OCCC(C)(C)OCCCCC(C)(C)C(C)(C)OCC(COc2ccccc2)C(C)(C)OC(=O)C=C)c1. The van der Waals surface area contributed by atoms with Crippen LogP contribution in [0.25, 0.3) is 0 Å². The Kier molecular flexibility index (Phi) is 26.5. The van der Waals surface area contributed by atoms with E-state index in [0.717, 1.165) is 74.4 Å². The van der Waals surface area contributed by atoms with Gasteiger partial charge < -0.3 is 47.4 Å². The van der Waals surface area contributed by atoms with Gasteiger partial charge in [0.15, 0.2) is 0 Å². The van der Waals surface area contributed by atoms with Crippen molar-refractivity contribution in [2.75, 3.05) is 52.9 Å². The van der Waals surface area contributed by atoms with E-state index in [9.17, 15) is 9.59 Å². The van der Waals surface area contributed by atoms with E-state index in [2.05, 4.69) is 96.2 Å². The van der Waals surface area contributed by atoms with Crippen molar-refractivity contribution in [2.45, 2.75) is 196 Å². The van der Waals surface area contributed by atoms with Gasteiger partial charge in [-0.15, -0.1) is 0 Å². The summed E-state index contributed by atoms with van der Waals surface area (Å²) in [6, 6.07) is 27.1. The first-order valence-electron chi connectivity index (χ1n) is 28.3. The van der Waals surface area contributed by atoms with E-state index < -0.39 is 34.3 Å². The lowest BCUT2D eigenvalue weighted by molar-refractivity contribution is -0.170. The van der Waals surface area contributed by atoms with Crippen LogP contribution in [0.15, 0.2) is 110 Å². The lowest BCUT2D eigenvalue weighted by Gasteiger charge is -2.44. The van der Waals surface area contributed by atoms with Crippen molar-refractivity contribution < 1.29 is 57.0 Å². The standard InChI is InChI=1S/C66H102O12/c1-19-57(67)77-63(11,12)51(47-71-53-32-23-21-24-33-53)49-75-65(15,16)59(3,4)38-27-29-42-73-61(7,8)40-44-69-55-36-31-37-56(46-55)70-45-41-62(9,10)74-43-30-28-39-60(5,6)66(17,18)76-50-52(64(13,14)78-58(68)20-2)48-72-54-34-25-22-26-35-54/h19-26,31-37,46,51-52H,1-2,27-30,38-45,47-50H2,3-18H3. The zero-order valence-electron chi connectivity index (χ0n) is 51.0. The number of hydrogen-bond acceptors (Lipinski definition) is 12. The molecule has 0 heterocycles. The molecule has 12 nitrogen and oxygen atoms in total. The van der Waals surface area contributed by atoms with Crippen LogP contribution in [0.1, 0.15) is 162 Å². The lowest BCUT2D eigenvalue weighted by atomic mass is 9.73. The number of unbranched alkanes of at least 4 members (excludes halogenated alkanes) is 2. The van der Waals surface area contributed by atoms with E-state index in [-0.39, 0.29) is 33.9 Å². The Labute approximate surface area is 471 Å². The molecule has 0 amide bonds. The van der Waals surface area contributed by atoms with Crippen molar-refractivity contribution in [1.29, 1.82) is 0 Å². The average molecular weight is 1090 g/mol. The molecule has 0 aliphatic rings. The van der Waals surface area contributed by atoms with E-state index in [1.54, 1.807) is 0 Å². The molecule has 78 heavy (non-hydrogen) atoms. The van der Waals surface area contributed by atoms with Crippen molar-refractivity contribution >= 4 is 11.9 Å². The Bertz CT molecular complexity index is 2070. The van der Waals surface area contributed by atoms with Crippen LogP contribution in [0.4, 0.5) is 0 Å². The maximum atomic E-state index is 12.2. The molecule has 0 N–H and O–H groups in total. The topological polar surface area (TPSA) is 126 Å². The van der Waals surface area contributed by atoms with Crippen LogP contribution in [-0.2, 0) is 38.0 Å². The number of carbonyl (C=O) groups excluding carboxylic acids is 2. The average Bonchev–Trinajstić information content (AvgIpc) is 3.36. The molecule has 0 saturated heterocycles. The summed E-state index contributed by atoms with van der Waals surface area (Å²) in [7, 11) is 0. The highest BCUT2D eigenvalue weighted by Crippen LogP contribution is 2.41. The molecule has 0 spiro atoms. The summed E-state index contributed by atoms with van der Waals surface area (Å²) < 4.78 is 62.3. The number of rotatable bonds is 40. The molecule has 0 bridgehead atoms. The molecule has 438 valence electrons. The summed E-state index contributed by atoms with van der Waals surface area (Å²) in [5.74, 6) is 1.60. The summed E-state index contributed by atoms with van der Waals surface area (Å²) in [5, 5.41) is 0. The van der Waals surface area contributed by atoms with Crippen LogP contribution in [0.2, 0.25) is 0 Å². The van der Waals surface area contributed by atoms with Crippen LogP contribution in [0.3, 0.4) is 0 Å². The third kappa shape index (κ3) is 23.8. The van der Waals surface area contributed by atoms with Crippen LogP contribution in [-0.4, -0.2) is 98.4 Å². The highest BCUT2D eigenvalue weighted by molar-refractivity contribution is 5.82. The van der Waals surface area contributed by atoms with Crippen LogP contribution in [0, 0.1) is 22.7 Å². The van der Waals surface area contributed by atoms with Crippen molar-refractivity contribution in [1.82, 2.24) is 0 Å². The Balaban J connectivity index is 1.36. The molecule has 0 fully saturated rings. The highest BCUT2D eigenvalue weighted by atomic mass is 16.6. The number of carbonyl (C=O) groups is 2. The van der Waals surface area contributed by atoms with Crippen LogP contribution < -0.4 is 18.9 Å². The second-order valence-electron chi connectivity index (χ2n) is 25.3. The molecule has 0 aliphatic carbocycles. The maximum Gasteiger partial charge on any atom is 0.330 e. The van der Waals surface area contributed by atoms with Gasteiger partial charge in [-0.05, 0) is 156 Å². The summed E-state index contributed by atoms with van der Waals surface area (Å²) in [6.07, 6.45) is 9.52. The Morgan fingerprint density at radius 2 is 0.756 bits per heavy atom. The fourth-order valence-electron chi connectivity index (χ4n) is 8.37. The van der Waals surface area contributed by atoms with Gasteiger partial charge >= 0.3 is 11.9 Å². The van der Waals surface area contributed by atoms with Crippen molar-refractivity contribution in [3.05, 3.63) is 110 Å². The molecule has 0 aliphatic heterocycles. The number of esters is 2. The van der Waals surface area contributed by atoms with Crippen LogP contribution >= 0.6 is 0 Å². The molecule has 12 heteroatoms. The van der Waals surface area contributed by atoms with Gasteiger partial charge in [-0.2, -0.15) is 0 Å². The van der Waals surface area contributed by atoms with Gasteiger partial charge in [0.05, 0.1) is 73.9 Å². The molecule has 3 aromatic carbocycles. The molecule has 2 unspecified atom stereocenters. The van der Waals surface area contributed by atoms with Gasteiger partial charge in [-0.25, -0.2) is 9.59 Å². The number of hydrogen-bond donors (Lipinski definition) is 0. The molecular weight excluding hydrogens is 985 g/mol. The first-order valence-corrected chi connectivity index (χ1v) is 28.3. The smallest absolute Gasteiger partial charge is 0.330 e. The predicted octanol–water partition coefficient (Wildman–Crippen LogP) is 15.2. The van der Waals surface area contributed by atoms with Crippen molar-refractivity contribution in [3.63, 3.8) is 0 Å². The quantitative estimate of drug-likeness (QED) is 0.0306. The lowest BCUT2D eigenvalue weighted by Crippen LogP contribution is -2.47. The van der Waals surface area contributed by atoms with Gasteiger partial charge in [0.2, 0.25) is 0 Å². The summed E-state index contributed by atoms with van der Waals surface area (Å²) in [4.78, 5) is 24.5. The van der Waals surface area contributed by atoms with E-state index >= 15 is 0 Å². The monoisotopic (exact) mass is 1090 g/mol. The second-order valence-corrected chi connectivity index (χ2v) is 25.3. The van der Waals surface area contributed by atoms with Crippen molar-refractivity contribution in [3.8, 4) is 23.0 Å². The molecule has 0 aromatic heterocycles. The predicted molar refractivity (Wildman–Crippen MR) is 314 cm³/mol. The van der Waals surface area contributed by atoms with Gasteiger partial charge in [-0.3, -0.25) is 0 Å². The molecule has 0 radical (unpaired) electrons. The first-order chi connectivity index (χ1) is 36.3. The summed E-state index contributed by atoms with van der Waals surface area (Å²) >= 11 is 0. The second kappa shape index (κ2) is 30.6. The Morgan fingerprint density at radius 3 is 1.10 bits per heavy atom. The van der Waals surface area contributed by atoms with Gasteiger partial charge in [0.25, 0.3) is 0 Å². The highest BCUT2D eigenvalue weighted by Gasteiger charge is 2.43. The summed E-state index contributed by atoms with van der Waals surface area (Å²) in [5.41, 5.74) is -3.66. The first kappa shape index (κ1) is 67.4. The third-order valence-electron chi connectivity index (χ3n) is 16.1. The minimum Gasteiger partial charge on any atom is -0.493 e. The largest absolute Gasteiger partial charge is 0.493 e. The molecule has 0 saturated carbocycles. The Morgan fingerprint density at radius 1 is 0.410 bits per heavy atom. The fourth-order valence-corrected chi connectivity index (χ4v) is 8.37. The van der Waals surface area contributed by atoms with Crippen molar-refractivity contribution in [2.24, 2.45) is 22.7 Å². The number of ether oxygens (including phenoxy) is 10. The van der Waals surface area contributed by atoms with Gasteiger partial charge in [-0.1, -0.05) is 96.2 Å². The van der Waals surface area contributed by atoms with Gasteiger partial charge in [0.1, 0.15) is 34.2 Å². The summed E-state index contributed by atoms with van der Waals surface area (Å²) in [6.45, 7) is 44.3. The maximum absolute atomic E-state index is 12.2. The fraction of sp³-hybridized carbons (Fsp3) is 0.636. The number of para-hydroxylation sites is 2.